The summed E-state index contributed by atoms with van der Waals surface area (Å²) in [5, 5.41) is 0. The summed E-state index contributed by atoms with van der Waals surface area (Å²) in [6.07, 6.45) is 0. The van der Waals surface area contributed by atoms with E-state index in [9.17, 15) is 0 Å². The van der Waals surface area contributed by atoms with Crippen molar-refractivity contribution in [2.45, 2.75) is 0 Å². The summed E-state index contributed by atoms with van der Waals surface area (Å²) in [5.74, 6) is 1.08. The Hall–Kier alpha value is 0.925. The Bertz CT molecular complexity index is 6.00. The molecule has 0 saturated carbocycles. The van der Waals surface area contributed by atoms with Crippen LogP contribution >= 0.6 is 18.5 Å². The summed E-state index contributed by atoms with van der Waals surface area (Å²) in [4.78, 5) is 0. The molecule has 0 aromatic carbocycles. The molecule has 3 heteroatoms. The Morgan fingerprint density at radius 1 is 1.25 bits per heavy atom. The van der Waals surface area contributed by atoms with Crippen LogP contribution in [0.1, 0.15) is 0 Å². The van der Waals surface area contributed by atoms with Gasteiger partial charge in [0.15, 0.2) is 0 Å². The minimum Gasteiger partial charge on any atom is -0.134 e. The Kier molecular flexibility index (Phi) is 20.1. The molecular formula is CH6BP2. The Balaban J connectivity index is 0. The van der Waals surface area contributed by atoms with Crippen LogP contribution in [0.2, 0.25) is 0 Å². The second kappa shape index (κ2) is 9.06. The van der Waals surface area contributed by atoms with E-state index in [-0.39, 0.29) is 8.41 Å². The molecule has 2 unspecified atom stereocenters. The molecule has 4 heavy (non-hydrogen) atoms. The summed E-state index contributed by atoms with van der Waals surface area (Å²) in [5.41, 5.74) is 0. The van der Waals surface area contributed by atoms with Gasteiger partial charge in [-0.2, -0.15) is 0 Å². The van der Waals surface area contributed by atoms with Gasteiger partial charge in [0, 0.05) is 8.41 Å². The van der Waals surface area contributed by atoms with Crippen molar-refractivity contribution in [1.82, 2.24) is 0 Å². The van der Waals surface area contributed by atoms with Gasteiger partial charge in [-0.3, -0.25) is 0 Å². The molecule has 2 atom stereocenters. The third-order valence-electron chi connectivity index (χ3n) is 0. The first-order chi connectivity index (χ1) is 1.41. The molecular weight excluding hydrogens is 84.8 g/mol. The number of rotatable bonds is 0. The van der Waals surface area contributed by atoms with Crippen LogP contribution in [0.3, 0.4) is 0 Å². The van der Waals surface area contributed by atoms with E-state index in [0.717, 1.165) is 5.90 Å². The topological polar surface area (TPSA) is 0 Å². The highest BCUT2D eigenvalue weighted by Gasteiger charge is 1.34. The average molecular weight is 90.8 g/mol. The van der Waals surface area contributed by atoms with E-state index in [2.05, 4.69) is 18.5 Å². The van der Waals surface area contributed by atoms with E-state index in [4.69, 9.17) is 0 Å². The molecule has 0 fully saturated rings. The molecule has 0 amide bonds. The molecule has 0 bridgehead atoms. The first kappa shape index (κ1) is 8.87. The van der Waals surface area contributed by atoms with Crippen molar-refractivity contribution in [3.8, 4) is 0 Å². The summed E-state index contributed by atoms with van der Waals surface area (Å²) >= 11 is 0. The SMILES string of the molecule is PCP.[B]. The molecule has 0 rings (SSSR count). The number of hydrogen-bond donors (Lipinski definition) is 0. The van der Waals surface area contributed by atoms with E-state index < -0.39 is 0 Å². The summed E-state index contributed by atoms with van der Waals surface area (Å²) in [6.45, 7) is 0. The van der Waals surface area contributed by atoms with Crippen LogP contribution in [-0.4, -0.2) is 14.3 Å². The zero-order valence-corrected chi connectivity index (χ0v) is 4.75. The van der Waals surface area contributed by atoms with Crippen molar-refractivity contribution in [3.63, 3.8) is 0 Å². The van der Waals surface area contributed by atoms with Gasteiger partial charge in [-0.15, -0.1) is 18.5 Å². The maximum atomic E-state index is 2.54. The second-order valence-electron chi connectivity index (χ2n) is 0.236. The Labute approximate surface area is 33.7 Å². The molecule has 0 nitrogen and oxygen atoms in total. The fourth-order valence-corrected chi connectivity index (χ4v) is 0. The standard InChI is InChI=1S/CH6P2.B/c2-1-3;/h1-3H2;. The van der Waals surface area contributed by atoms with Gasteiger partial charge in [0.25, 0.3) is 0 Å². The van der Waals surface area contributed by atoms with Crippen molar-refractivity contribution in [3.05, 3.63) is 0 Å². The van der Waals surface area contributed by atoms with Crippen molar-refractivity contribution in [2.24, 2.45) is 0 Å². The summed E-state index contributed by atoms with van der Waals surface area (Å²) in [6, 6.07) is 0. The maximum absolute atomic E-state index is 2.54. The van der Waals surface area contributed by atoms with Crippen LogP contribution in [-0.2, 0) is 0 Å². The highest BCUT2D eigenvalue weighted by Crippen LogP contribution is 1.84. The largest absolute Gasteiger partial charge is 0.134 e. The Morgan fingerprint density at radius 3 is 1.25 bits per heavy atom. The van der Waals surface area contributed by atoms with E-state index in [0.29, 0.717) is 0 Å². The van der Waals surface area contributed by atoms with Crippen LogP contribution in [0, 0.1) is 0 Å². The molecule has 0 aromatic heterocycles. The molecule has 3 radical (unpaired) electrons. The van der Waals surface area contributed by atoms with E-state index in [1.807, 2.05) is 0 Å². The summed E-state index contributed by atoms with van der Waals surface area (Å²) in [7, 11) is 5.08. The van der Waals surface area contributed by atoms with E-state index in [1.54, 1.807) is 0 Å². The van der Waals surface area contributed by atoms with Crippen molar-refractivity contribution < 1.29 is 0 Å². The minimum absolute atomic E-state index is 0. The first-order valence-electron chi connectivity index (χ1n) is 0.816. The highest BCUT2D eigenvalue weighted by molar-refractivity contribution is 7.36. The molecule has 0 aliphatic heterocycles. The first-order valence-corrected chi connectivity index (χ1v) is 2.45. The quantitative estimate of drug-likeness (QED) is 0.297. The molecule has 0 saturated heterocycles. The normalized spacial score (nSPS) is 4.50. The van der Waals surface area contributed by atoms with Gasteiger partial charge >= 0.3 is 0 Å². The minimum atomic E-state index is 0. The van der Waals surface area contributed by atoms with Crippen molar-refractivity contribution >= 4 is 26.9 Å². The van der Waals surface area contributed by atoms with Crippen LogP contribution in [0.5, 0.6) is 0 Å². The molecule has 0 heterocycles. The molecule has 0 aliphatic carbocycles. The summed E-state index contributed by atoms with van der Waals surface area (Å²) < 4.78 is 0. The lowest BCUT2D eigenvalue weighted by Crippen LogP contribution is -1.18. The number of hydrogen-bond acceptors (Lipinski definition) is 0. The lowest BCUT2D eigenvalue weighted by molar-refractivity contribution is 2.32. The second-order valence-corrected chi connectivity index (χ2v) is 2.12. The molecule has 0 aliphatic rings. The molecule has 23 valence electrons. The van der Waals surface area contributed by atoms with Gasteiger partial charge < -0.3 is 0 Å². The Morgan fingerprint density at radius 2 is 1.25 bits per heavy atom. The predicted octanol–water partition coefficient (Wildman–Crippen LogP) is 0.313. The van der Waals surface area contributed by atoms with Gasteiger partial charge in [-0.1, -0.05) is 0 Å². The van der Waals surface area contributed by atoms with Crippen LogP contribution in [0.15, 0.2) is 0 Å². The van der Waals surface area contributed by atoms with Gasteiger partial charge in [0.05, 0.1) is 0 Å². The van der Waals surface area contributed by atoms with Gasteiger partial charge in [0.2, 0.25) is 0 Å². The smallest absolute Gasteiger partial charge is 0 e. The fourth-order valence-electron chi connectivity index (χ4n) is 0. The van der Waals surface area contributed by atoms with Gasteiger partial charge in [0.1, 0.15) is 0 Å². The predicted molar refractivity (Wildman–Crippen MR) is 30.0 cm³/mol. The third kappa shape index (κ3) is 12.7. The van der Waals surface area contributed by atoms with E-state index >= 15 is 0 Å². The highest BCUT2D eigenvalue weighted by atomic mass is 31.1. The van der Waals surface area contributed by atoms with E-state index in [1.165, 1.54) is 0 Å². The monoisotopic (exact) mass is 91.0 g/mol. The average Bonchev–Trinajstić information content (AvgIpc) is 0.918. The zero-order chi connectivity index (χ0) is 2.71. The lowest BCUT2D eigenvalue weighted by Gasteiger charge is -1.49. The maximum Gasteiger partial charge on any atom is 0 e. The van der Waals surface area contributed by atoms with Crippen molar-refractivity contribution in [2.75, 3.05) is 5.90 Å². The fraction of sp³-hybridized carbons (Fsp3) is 1.00. The van der Waals surface area contributed by atoms with Crippen LogP contribution in [0.25, 0.3) is 0 Å². The third-order valence-corrected chi connectivity index (χ3v) is 0. The van der Waals surface area contributed by atoms with Gasteiger partial charge in [-0.05, 0) is 5.90 Å². The van der Waals surface area contributed by atoms with Crippen LogP contribution in [0.4, 0.5) is 0 Å². The van der Waals surface area contributed by atoms with Crippen molar-refractivity contribution in [1.29, 1.82) is 0 Å². The lowest BCUT2D eigenvalue weighted by atomic mass is 10.8. The zero-order valence-electron chi connectivity index (χ0n) is 2.44. The molecule has 0 N–H and O–H groups in total. The van der Waals surface area contributed by atoms with Crippen LogP contribution < -0.4 is 0 Å². The molecule has 0 spiro atoms. The van der Waals surface area contributed by atoms with Gasteiger partial charge in [-0.25, -0.2) is 0 Å². The molecule has 0 aromatic rings.